The predicted molar refractivity (Wildman–Crippen MR) is 128 cm³/mol. The third-order valence-corrected chi connectivity index (χ3v) is 8.74. The van der Waals surface area contributed by atoms with E-state index in [-0.39, 0.29) is 21.0 Å². The average Bonchev–Trinajstić information content (AvgIpc) is 2.79. The molecule has 0 aromatic heterocycles. The minimum absolute atomic E-state index is 0.0242. The Morgan fingerprint density at radius 1 is 0.758 bits per heavy atom. The van der Waals surface area contributed by atoms with Gasteiger partial charge in [0.1, 0.15) is 4.90 Å². The van der Waals surface area contributed by atoms with Crippen LogP contribution in [0.1, 0.15) is 15.9 Å². The summed E-state index contributed by atoms with van der Waals surface area (Å²) in [6.45, 7) is 1.87. The van der Waals surface area contributed by atoms with Crippen molar-refractivity contribution in [2.24, 2.45) is 0 Å². The fourth-order valence-corrected chi connectivity index (χ4v) is 5.25. The topological polar surface area (TPSA) is 104 Å². The Kier molecular flexibility index (Phi) is 6.92. The normalized spacial score (nSPS) is 11.9. The molecular formula is C23H25N3O5S2. The average molecular weight is 488 g/mol. The molecule has 0 aliphatic heterocycles. The van der Waals surface area contributed by atoms with Gasteiger partial charge in [0, 0.05) is 26.7 Å². The van der Waals surface area contributed by atoms with Gasteiger partial charge >= 0.3 is 0 Å². The summed E-state index contributed by atoms with van der Waals surface area (Å²) in [5.74, 6) is -0.521. The lowest BCUT2D eigenvalue weighted by atomic mass is 10.2. The molecule has 0 aliphatic rings. The van der Waals surface area contributed by atoms with Gasteiger partial charge in [-0.2, -0.15) is 0 Å². The zero-order valence-corrected chi connectivity index (χ0v) is 20.3. The van der Waals surface area contributed by atoms with Gasteiger partial charge in [0.15, 0.2) is 0 Å². The van der Waals surface area contributed by atoms with E-state index in [2.05, 4.69) is 5.32 Å². The number of nitrogens with one attached hydrogen (secondary N) is 1. The SMILES string of the molecule is Cc1ccc(S(=O)(=O)N(C)c2ccc(C(=O)Nc3ccccc3S(=O)(=O)N(C)C)cc2)cc1. The molecule has 0 spiro atoms. The molecule has 0 heterocycles. The van der Waals surface area contributed by atoms with Gasteiger partial charge in [-0.15, -0.1) is 0 Å². The fourth-order valence-electron chi connectivity index (χ4n) is 3.02. The summed E-state index contributed by atoms with van der Waals surface area (Å²) < 4.78 is 53.0. The highest BCUT2D eigenvalue weighted by Crippen LogP contribution is 2.25. The van der Waals surface area contributed by atoms with Gasteiger partial charge in [-0.25, -0.2) is 21.1 Å². The van der Waals surface area contributed by atoms with Crippen LogP contribution in [0.25, 0.3) is 0 Å². The highest BCUT2D eigenvalue weighted by Gasteiger charge is 2.23. The Morgan fingerprint density at radius 3 is 1.91 bits per heavy atom. The fraction of sp³-hybridized carbons (Fsp3) is 0.174. The summed E-state index contributed by atoms with van der Waals surface area (Å²) in [5.41, 5.74) is 1.73. The maximum absolute atomic E-state index is 12.9. The second kappa shape index (κ2) is 9.34. The van der Waals surface area contributed by atoms with Crippen molar-refractivity contribution in [2.45, 2.75) is 16.7 Å². The number of aryl methyl sites for hydroxylation is 1. The van der Waals surface area contributed by atoms with Crippen molar-refractivity contribution in [1.29, 1.82) is 0 Å². The van der Waals surface area contributed by atoms with E-state index in [0.717, 1.165) is 14.2 Å². The van der Waals surface area contributed by atoms with Crippen molar-refractivity contribution in [2.75, 3.05) is 30.8 Å². The van der Waals surface area contributed by atoms with Crippen LogP contribution in [-0.2, 0) is 20.0 Å². The molecular weight excluding hydrogens is 462 g/mol. The lowest BCUT2D eigenvalue weighted by molar-refractivity contribution is 0.102. The number of amides is 1. The van der Waals surface area contributed by atoms with Crippen LogP contribution < -0.4 is 9.62 Å². The molecule has 8 nitrogen and oxygen atoms in total. The van der Waals surface area contributed by atoms with Crippen LogP contribution in [0.3, 0.4) is 0 Å². The molecule has 3 rings (SSSR count). The molecule has 0 saturated carbocycles. The van der Waals surface area contributed by atoms with Crippen molar-refractivity contribution in [3.8, 4) is 0 Å². The minimum atomic E-state index is -3.76. The first-order valence-electron chi connectivity index (χ1n) is 9.93. The number of hydrogen-bond acceptors (Lipinski definition) is 5. The predicted octanol–water partition coefficient (Wildman–Crippen LogP) is 3.32. The molecule has 0 radical (unpaired) electrons. The second-order valence-electron chi connectivity index (χ2n) is 7.57. The van der Waals surface area contributed by atoms with Crippen LogP contribution in [0.15, 0.2) is 82.6 Å². The first-order valence-corrected chi connectivity index (χ1v) is 12.8. The zero-order valence-electron chi connectivity index (χ0n) is 18.7. The van der Waals surface area contributed by atoms with Gasteiger partial charge in [0.2, 0.25) is 10.0 Å². The standard InChI is InChI=1S/C23H25N3O5S2/c1-17-9-15-20(16-10-17)32(28,29)26(4)19-13-11-18(12-14-19)23(27)24-21-7-5-6-8-22(21)33(30,31)25(2)3/h5-16H,1-4H3,(H,24,27). The van der Waals surface area contributed by atoms with Gasteiger partial charge in [0.05, 0.1) is 16.3 Å². The smallest absolute Gasteiger partial charge is 0.264 e. The number of hydrogen-bond donors (Lipinski definition) is 1. The molecule has 174 valence electrons. The number of para-hydroxylation sites is 1. The Labute approximate surface area is 194 Å². The van der Waals surface area contributed by atoms with E-state index >= 15 is 0 Å². The van der Waals surface area contributed by atoms with Gasteiger partial charge in [0.25, 0.3) is 15.9 Å². The molecule has 0 bridgehead atoms. The van der Waals surface area contributed by atoms with Crippen molar-refractivity contribution in [3.05, 3.63) is 83.9 Å². The van der Waals surface area contributed by atoms with E-state index in [9.17, 15) is 21.6 Å². The van der Waals surface area contributed by atoms with E-state index in [1.165, 1.54) is 57.5 Å². The first kappa shape index (κ1) is 24.4. The molecule has 0 aliphatic carbocycles. The Balaban J connectivity index is 1.83. The number of rotatable bonds is 7. The Morgan fingerprint density at radius 2 is 1.33 bits per heavy atom. The molecule has 1 amide bonds. The quantitative estimate of drug-likeness (QED) is 0.551. The molecule has 10 heteroatoms. The second-order valence-corrected chi connectivity index (χ2v) is 11.7. The maximum Gasteiger partial charge on any atom is 0.264 e. The van der Waals surface area contributed by atoms with Gasteiger partial charge in [-0.1, -0.05) is 29.8 Å². The summed E-state index contributed by atoms with van der Waals surface area (Å²) >= 11 is 0. The number of carbonyl (C=O) groups excluding carboxylic acids is 1. The summed E-state index contributed by atoms with van der Waals surface area (Å²) in [4.78, 5) is 12.9. The Bertz CT molecular complexity index is 1370. The van der Waals surface area contributed by atoms with Crippen molar-refractivity contribution in [3.63, 3.8) is 0 Å². The van der Waals surface area contributed by atoms with E-state index in [1.54, 1.807) is 36.4 Å². The van der Waals surface area contributed by atoms with E-state index in [4.69, 9.17) is 0 Å². The third kappa shape index (κ3) is 5.08. The molecule has 33 heavy (non-hydrogen) atoms. The molecule has 1 N–H and O–H groups in total. The molecule has 3 aromatic carbocycles. The molecule has 3 aromatic rings. The molecule has 0 atom stereocenters. The van der Waals surface area contributed by atoms with Crippen molar-refractivity contribution >= 4 is 37.3 Å². The van der Waals surface area contributed by atoms with E-state index in [1.807, 2.05) is 6.92 Å². The highest BCUT2D eigenvalue weighted by atomic mass is 32.2. The van der Waals surface area contributed by atoms with Gasteiger partial charge in [-0.3, -0.25) is 9.10 Å². The molecule has 0 unspecified atom stereocenters. The van der Waals surface area contributed by atoms with Gasteiger partial charge in [-0.05, 0) is 55.5 Å². The largest absolute Gasteiger partial charge is 0.321 e. The summed E-state index contributed by atoms with van der Waals surface area (Å²) in [7, 11) is -3.25. The summed E-state index contributed by atoms with van der Waals surface area (Å²) in [6.07, 6.45) is 0. The number of anilines is 2. The third-order valence-electron chi connectivity index (χ3n) is 5.07. The van der Waals surface area contributed by atoms with Crippen LogP contribution in [-0.4, -0.2) is 48.2 Å². The number of nitrogens with zero attached hydrogens (tertiary/aromatic N) is 2. The highest BCUT2D eigenvalue weighted by molar-refractivity contribution is 7.92. The number of carbonyl (C=O) groups is 1. The van der Waals surface area contributed by atoms with Crippen molar-refractivity contribution in [1.82, 2.24) is 4.31 Å². The lowest BCUT2D eigenvalue weighted by Gasteiger charge is -2.20. The first-order chi connectivity index (χ1) is 15.4. The lowest BCUT2D eigenvalue weighted by Crippen LogP contribution is -2.26. The molecule has 0 saturated heterocycles. The summed E-state index contributed by atoms with van der Waals surface area (Å²) in [6, 6.07) is 18.7. The van der Waals surface area contributed by atoms with Crippen molar-refractivity contribution < 1.29 is 21.6 Å². The minimum Gasteiger partial charge on any atom is -0.321 e. The molecule has 0 fully saturated rings. The monoisotopic (exact) mass is 487 g/mol. The number of sulfonamides is 2. The van der Waals surface area contributed by atoms with Crippen LogP contribution >= 0.6 is 0 Å². The Hall–Kier alpha value is -3.21. The zero-order chi connectivity index (χ0) is 24.4. The van der Waals surface area contributed by atoms with Crippen LogP contribution in [0.5, 0.6) is 0 Å². The van der Waals surface area contributed by atoms with Crippen LogP contribution in [0, 0.1) is 6.92 Å². The maximum atomic E-state index is 12.9. The van der Waals surface area contributed by atoms with Crippen LogP contribution in [0.2, 0.25) is 0 Å². The van der Waals surface area contributed by atoms with Crippen LogP contribution in [0.4, 0.5) is 11.4 Å². The van der Waals surface area contributed by atoms with Gasteiger partial charge < -0.3 is 5.32 Å². The van der Waals surface area contributed by atoms with E-state index in [0.29, 0.717) is 5.69 Å². The summed E-state index contributed by atoms with van der Waals surface area (Å²) in [5, 5.41) is 2.62. The number of benzene rings is 3. The van der Waals surface area contributed by atoms with E-state index < -0.39 is 26.0 Å².